The average Bonchev–Trinajstić information content (AvgIpc) is 2.09. The molecule has 0 spiro atoms. The molecule has 0 bridgehead atoms. The van der Waals surface area contributed by atoms with Gasteiger partial charge in [0.1, 0.15) is 0 Å². The van der Waals surface area contributed by atoms with Crippen molar-refractivity contribution in [3.05, 3.63) is 0 Å². The third-order valence-corrected chi connectivity index (χ3v) is 1.75. The first-order valence-electron chi connectivity index (χ1n) is 4.97. The van der Waals surface area contributed by atoms with Gasteiger partial charge in [-0.05, 0) is 6.42 Å². The lowest BCUT2D eigenvalue weighted by atomic mass is 9.96. The summed E-state index contributed by atoms with van der Waals surface area (Å²) in [6, 6.07) is 0. The smallest absolute Gasteiger partial charge is 0.243 e. The van der Waals surface area contributed by atoms with E-state index in [4.69, 9.17) is 0 Å². The zero-order valence-corrected chi connectivity index (χ0v) is 9.44. The van der Waals surface area contributed by atoms with Gasteiger partial charge in [-0.25, -0.2) is 0 Å². The minimum Gasteiger partial charge on any atom is -0.273 e. The molecule has 0 aliphatic carbocycles. The van der Waals surface area contributed by atoms with Crippen molar-refractivity contribution in [3.8, 4) is 0 Å². The number of hydrazine groups is 1. The summed E-state index contributed by atoms with van der Waals surface area (Å²) >= 11 is 0. The Balaban J connectivity index is 3.73. The van der Waals surface area contributed by atoms with Gasteiger partial charge in [-0.2, -0.15) is 0 Å². The summed E-state index contributed by atoms with van der Waals surface area (Å²) in [5, 5.41) is 0. The summed E-state index contributed by atoms with van der Waals surface area (Å²) in [5.74, 6) is -0.313. The maximum atomic E-state index is 11.3. The van der Waals surface area contributed by atoms with Gasteiger partial charge >= 0.3 is 0 Å². The fourth-order valence-corrected chi connectivity index (χ4v) is 0.714. The van der Waals surface area contributed by atoms with Crippen LogP contribution in [0.3, 0.4) is 0 Å². The molecule has 0 saturated heterocycles. The maximum absolute atomic E-state index is 11.3. The van der Waals surface area contributed by atoms with E-state index in [0.717, 1.165) is 12.8 Å². The molecule has 0 aliphatic heterocycles. The number of hydrogen-bond donors (Lipinski definition) is 2. The Morgan fingerprint density at radius 1 is 1.14 bits per heavy atom. The van der Waals surface area contributed by atoms with Crippen molar-refractivity contribution in [2.45, 2.75) is 47.0 Å². The summed E-state index contributed by atoms with van der Waals surface area (Å²) in [5.41, 5.74) is 4.30. The predicted octanol–water partition coefficient (Wildman–Crippen LogP) is 1.37. The van der Waals surface area contributed by atoms with Gasteiger partial charge in [-0.3, -0.25) is 20.4 Å². The minimum atomic E-state index is -0.474. The molecule has 2 N–H and O–H groups in total. The summed E-state index contributed by atoms with van der Waals surface area (Å²) in [4.78, 5) is 22.4. The van der Waals surface area contributed by atoms with Crippen LogP contribution in [0.25, 0.3) is 0 Å². The number of nitrogens with one attached hydrogen (secondary N) is 2. The largest absolute Gasteiger partial charge is 0.273 e. The van der Waals surface area contributed by atoms with Crippen LogP contribution in [0.2, 0.25) is 0 Å². The highest BCUT2D eigenvalue weighted by atomic mass is 16.2. The Morgan fingerprint density at radius 3 is 2.14 bits per heavy atom. The van der Waals surface area contributed by atoms with Crippen LogP contribution >= 0.6 is 0 Å². The first kappa shape index (κ1) is 12.9. The molecule has 0 radical (unpaired) electrons. The van der Waals surface area contributed by atoms with Crippen molar-refractivity contribution < 1.29 is 9.59 Å². The van der Waals surface area contributed by atoms with Crippen molar-refractivity contribution in [3.63, 3.8) is 0 Å². The highest BCUT2D eigenvalue weighted by Crippen LogP contribution is 2.11. The van der Waals surface area contributed by atoms with E-state index in [-0.39, 0.29) is 11.8 Å². The van der Waals surface area contributed by atoms with Gasteiger partial charge in [0.05, 0.1) is 0 Å². The molecule has 0 aromatic rings. The van der Waals surface area contributed by atoms with E-state index in [1.54, 1.807) is 20.8 Å². The Bertz CT molecular complexity index is 207. The molecule has 0 saturated carbocycles. The van der Waals surface area contributed by atoms with Gasteiger partial charge in [-0.15, -0.1) is 0 Å². The van der Waals surface area contributed by atoms with Gasteiger partial charge in [0.2, 0.25) is 11.8 Å². The van der Waals surface area contributed by atoms with E-state index in [1.165, 1.54) is 0 Å². The number of carbonyl (C=O) groups is 2. The van der Waals surface area contributed by atoms with E-state index in [2.05, 4.69) is 10.9 Å². The topological polar surface area (TPSA) is 58.2 Å². The van der Waals surface area contributed by atoms with Crippen molar-refractivity contribution in [2.75, 3.05) is 0 Å². The lowest BCUT2D eigenvalue weighted by Crippen LogP contribution is -2.46. The fraction of sp³-hybridized carbons (Fsp3) is 0.800. The van der Waals surface area contributed by atoms with Crippen LogP contribution in [0.15, 0.2) is 0 Å². The summed E-state index contributed by atoms with van der Waals surface area (Å²) < 4.78 is 0. The second-order valence-corrected chi connectivity index (χ2v) is 4.36. The van der Waals surface area contributed by atoms with Crippen LogP contribution in [0.1, 0.15) is 47.0 Å². The van der Waals surface area contributed by atoms with Gasteiger partial charge < -0.3 is 0 Å². The standard InChI is InChI=1S/C10H20N2O2/c1-5-6-7-8(13)11-12-9(14)10(2,3)4/h5-7H2,1-4H3,(H,11,13)(H,12,14). The number of amides is 2. The molecule has 0 rings (SSSR count). The highest BCUT2D eigenvalue weighted by Gasteiger charge is 2.21. The molecule has 2 amide bonds. The quantitative estimate of drug-likeness (QED) is 0.676. The van der Waals surface area contributed by atoms with Crippen LogP contribution in [-0.4, -0.2) is 11.8 Å². The van der Waals surface area contributed by atoms with E-state index < -0.39 is 5.41 Å². The highest BCUT2D eigenvalue weighted by molar-refractivity contribution is 5.84. The molecule has 0 aromatic heterocycles. The zero-order chi connectivity index (χ0) is 11.2. The van der Waals surface area contributed by atoms with Crippen molar-refractivity contribution in [1.82, 2.24) is 10.9 Å². The zero-order valence-electron chi connectivity index (χ0n) is 9.44. The number of unbranched alkanes of at least 4 members (excludes halogenated alkanes) is 1. The van der Waals surface area contributed by atoms with Crippen LogP contribution in [0.5, 0.6) is 0 Å². The summed E-state index contributed by atoms with van der Waals surface area (Å²) in [7, 11) is 0. The second-order valence-electron chi connectivity index (χ2n) is 4.36. The van der Waals surface area contributed by atoms with Gasteiger partial charge in [0.25, 0.3) is 0 Å². The molecule has 4 nitrogen and oxygen atoms in total. The molecule has 0 aromatic carbocycles. The van der Waals surface area contributed by atoms with Crippen LogP contribution in [-0.2, 0) is 9.59 Å². The SMILES string of the molecule is CCCCC(=O)NNC(=O)C(C)(C)C. The van der Waals surface area contributed by atoms with Crippen LogP contribution in [0.4, 0.5) is 0 Å². The third kappa shape index (κ3) is 5.56. The second kappa shape index (κ2) is 5.62. The Kier molecular flexibility index (Phi) is 5.20. The van der Waals surface area contributed by atoms with E-state index in [0.29, 0.717) is 6.42 Å². The normalized spacial score (nSPS) is 10.9. The molecule has 14 heavy (non-hydrogen) atoms. The average molecular weight is 200 g/mol. The van der Waals surface area contributed by atoms with Gasteiger partial charge in [-0.1, -0.05) is 34.1 Å². The minimum absolute atomic E-state index is 0.135. The molecular weight excluding hydrogens is 180 g/mol. The lowest BCUT2D eigenvalue weighted by Gasteiger charge is -2.17. The number of carbonyl (C=O) groups excluding carboxylic acids is 2. The molecular formula is C10H20N2O2. The molecule has 4 heteroatoms. The first-order chi connectivity index (χ1) is 6.38. The Labute approximate surface area is 85.4 Å². The molecule has 0 fully saturated rings. The monoisotopic (exact) mass is 200 g/mol. The maximum Gasteiger partial charge on any atom is 0.243 e. The Morgan fingerprint density at radius 2 is 1.71 bits per heavy atom. The molecule has 82 valence electrons. The Hall–Kier alpha value is -1.06. The van der Waals surface area contributed by atoms with E-state index in [9.17, 15) is 9.59 Å². The number of rotatable bonds is 3. The number of hydrogen-bond acceptors (Lipinski definition) is 2. The van der Waals surface area contributed by atoms with Gasteiger partial charge in [0, 0.05) is 11.8 Å². The predicted molar refractivity (Wildman–Crippen MR) is 55.3 cm³/mol. The third-order valence-electron chi connectivity index (χ3n) is 1.75. The van der Waals surface area contributed by atoms with E-state index in [1.807, 2.05) is 6.92 Å². The van der Waals surface area contributed by atoms with Gasteiger partial charge in [0.15, 0.2) is 0 Å². The van der Waals surface area contributed by atoms with E-state index >= 15 is 0 Å². The molecule has 0 aliphatic rings. The van der Waals surface area contributed by atoms with Crippen molar-refractivity contribution in [1.29, 1.82) is 0 Å². The lowest BCUT2D eigenvalue weighted by molar-refractivity contribution is -0.133. The van der Waals surface area contributed by atoms with Crippen molar-refractivity contribution >= 4 is 11.8 Å². The summed E-state index contributed by atoms with van der Waals surface area (Å²) in [6.45, 7) is 7.39. The van der Waals surface area contributed by atoms with Crippen LogP contribution in [0, 0.1) is 5.41 Å². The molecule has 0 atom stereocenters. The molecule has 0 heterocycles. The fourth-order valence-electron chi connectivity index (χ4n) is 0.714. The molecule has 0 unspecified atom stereocenters. The van der Waals surface area contributed by atoms with Crippen molar-refractivity contribution in [2.24, 2.45) is 5.41 Å². The van der Waals surface area contributed by atoms with Crippen LogP contribution < -0.4 is 10.9 Å². The first-order valence-corrected chi connectivity index (χ1v) is 4.97. The summed E-state index contributed by atoms with van der Waals surface area (Å²) in [6.07, 6.45) is 2.28.